The smallest absolute Gasteiger partial charge is 0.127 e. The van der Waals surface area contributed by atoms with Gasteiger partial charge in [-0.1, -0.05) is 22.0 Å². The highest BCUT2D eigenvalue weighted by molar-refractivity contribution is 9.10. The SMILES string of the molecule is CNc1cccc(OC)c1COc1ccc(Br)cc1C. The zero-order chi connectivity index (χ0) is 14.5. The van der Waals surface area contributed by atoms with E-state index < -0.39 is 0 Å². The van der Waals surface area contributed by atoms with Crippen LogP contribution in [0.5, 0.6) is 11.5 Å². The van der Waals surface area contributed by atoms with Crippen molar-refractivity contribution in [2.45, 2.75) is 13.5 Å². The summed E-state index contributed by atoms with van der Waals surface area (Å²) in [6.45, 7) is 2.49. The van der Waals surface area contributed by atoms with Crippen LogP contribution in [0, 0.1) is 6.92 Å². The van der Waals surface area contributed by atoms with Gasteiger partial charge >= 0.3 is 0 Å². The molecule has 0 amide bonds. The van der Waals surface area contributed by atoms with Gasteiger partial charge in [0.2, 0.25) is 0 Å². The van der Waals surface area contributed by atoms with E-state index in [-0.39, 0.29) is 0 Å². The number of ether oxygens (including phenoxy) is 2. The van der Waals surface area contributed by atoms with Crippen LogP contribution in [-0.2, 0) is 6.61 Å². The standard InChI is InChI=1S/C16H18BrNO2/c1-11-9-12(17)7-8-15(11)20-10-13-14(18-2)5-4-6-16(13)19-3/h4-9,18H,10H2,1-3H3. The third-order valence-electron chi connectivity index (χ3n) is 3.13. The van der Waals surface area contributed by atoms with Crippen molar-refractivity contribution in [3.8, 4) is 11.5 Å². The van der Waals surface area contributed by atoms with Crippen LogP contribution < -0.4 is 14.8 Å². The van der Waals surface area contributed by atoms with Crippen molar-refractivity contribution in [1.82, 2.24) is 0 Å². The van der Waals surface area contributed by atoms with E-state index in [9.17, 15) is 0 Å². The number of aryl methyl sites for hydroxylation is 1. The summed E-state index contributed by atoms with van der Waals surface area (Å²) in [7, 11) is 3.56. The normalized spacial score (nSPS) is 10.2. The Morgan fingerprint density at radius 1 is 1.15 bits per heavy atom. The molecule has 0 heterocycles. The number of anilines is 1. The molecule has 20 heavy (non-hydrogen) atoms. The molecule has 1 N–H and O–H groups in total. The Morgan fingerprint density at radius 2 is 1.95 bits per heavy atom. The first-order valence-electron chi connectivity index (χ1n) is 6.38. The molecule has 0 saturated heterocycles. The topological polar surface area (TPSA) is 30.5 Å². The molecule has 106 valence electrons. The van der Waals surface area contributed by atoms with E-state index in [1.165, 1.54) is 0 Å². The lowest BCUT2D eigenvalue weighted by atomic mass is 10.1. The fraction of sp³-hybridized carbons (Fsp3) is 0.250. The highest BCUT2D eigenvalue weighted by atomic mass is 79.9. The first-order chi connectivity index (χ1) is 9.65. The molecule has 0 saturated carbocycles. The van der Waals surface area contributed by atoms with Gasteiger partial charge in [0.05, 0.1) is 12.7 Å². The molecule has 0 unspecified atom stereocenters. The number of benzene rings is 2. The van der Waals surface area contributed by atoms with Crippen LogP contribution in [-0.4, -0.2) is 14.2 Å². The molecule has 2 aromatic rings. The summed E-state index contributed by atoms with van der Waals surface area (Å²) in [5, 5.41) is 3.16. The maximum absolute atomic E-state index is 5.92. The summed E-state index contributed by atoms with van der Waals surface area (Å²) in [5.74, 6) is 1.70. The van der Waals surface area contributed by atoms with Gasteiger partial charge in [0, 0.05) is 17.2 Å². The van der Waals surface area contributed by atoms with Crippen LogP contribution >= 0.6 is 15.9 Å². The zero-order valence-electron chi connectivity index (χ0n) is 11.9. The fourth-order valence-electron chi connectivity index (χ4n) is 2.06. The highest BCUT2D eigenvalue weighted by Gasteiger charge is 2.10. The van der Waals surface area contributed by atoms with Gasteiger partial charge in [-0.3, -0.25) is 0 Å². The average Bonchev–Trinajstić information content (AvgIpc) is 2.46. The number of hydrogen-bond donors (Lipinski definition) is 1. The molecule has 0 fully saturated rings. The van der Waals surface area contributed by atoms with Gasteiger partial charge in [0.1, 0.15) is 18.1 Å². The minimum Gasteiger partial charge on any atom is -0.496 e. The van der Waals surface area contributed by atoms with E-state index in [1.807, 2.05) is 50.4 Å². The molecule has 0 aliphatic heterocycles. The summed E-state index contributed by atoms with van der Waals surface area (Å²) >= 11 is 3.45. The Balaban J connectivity index is 2.22. The summed E-state index contributed by atoms with van der Waals surface area (Å²) in [6, 6.07) is 11.9. The van der Waals surface area contributed by atoms with E-state index in [2.05, 4.69) is 21.2 Å². The lowest BCUT2D eigenvalue weighted by Crippen LogP contribution is -2.04. The molecule has 3 nitrogen and oxygen atoms in total. The quantitative estimate of drug-likeness (QED) is 0.879. The lowest BCUT2D eigenvalue weighted by Gasteiger charge is -2.15. The molecular weight excluding hydrogens is 318 g/mol. The van der Waals surface area contributed by atoms with E-state index in [4.69, 9.17) is 9.47 Å². The molecule has 0 bridgehead atoms. The van der Waals surface area contributed by atoms with Gasteiger partial charge in [0.25, 0.3) is 0 Å². The summed E-state index contributed by atoms with van der Waals surface area (Å²) in [5.41, 5.74) is 3.12. The van der Waals surface area contributed by atoms with Gasteiger partial charge in [-0.15, -0.1) is 0 Å². The summed E-state index contributed by atoms with van der Waals surface area (Å²) in [4.78, 5) is 0. The summed E-state index contributed by atoms with van der Waals surface area (Å²) in [6.07, 6.45) is 0. The number of hydrogen-bond acceptors (Lipinski definition) is 3. The summed E-state index contributed by atoms with van der Waals surface area (Å²) < 4.78 is 12.4. The van der Waals surface area contributed by atoms with Crippen molar-refractivity contribution in [3.05, 3.63) is 52.0 Å². The van der Waals surface area contributed by atoms with Gasteiger partial charge in [-0.05, 0) is 42.8 Å². The van der Waals surface area contributed by atoms with Crippen LogP contribution in [0.2, 0.25) is 0 Å². The Kier molecular flexibility index (Phi) is 4.90. The number of rotatable bonds is 5. The highest BCUT2D eigenvalue weighted by Crippen LogP contribution is 2.29. The molecule has 0 aliphatic carbocycles. The second kappa shape index (κ2) is 6.66. The lowest BCUT2D eigenvalue weighted by molar-refractivity contribution is 0.295. The monoisotopic (exact) mass is 335 g/mol. The Hall–Kier alpha value is -1.68. The van der Waals surface area contributed by atoms with Crippen molar-refractivity contribution in [1.29, 1.82) is 0 Å². The average molecular weight is 336 g/mol. The molecular formula is C16H18BrNO2. The number of methoxy groups -OCH3 is 1. The predicted molar refractivity (Wildman–Crippen MR) is 85.8 cm³/mol. The van der Waals surface area contributed by atoms with Crippen molar-refractivity contribution >= 4 is 21.6 Å². The van der Waals surface area contributed by atoms with Crippen LogP contribution in [0.15, 0.2) is 40.9 Å². The zero-order valence-corrected chi connectivity index (χ0v) is 13.5. The van der Waals surface area contributed by atoms with Crippen molar-refractivity contribution in [2.75, 3.05) is 19.5 Å². The van der Waals surface area contributed by atoms with E-state index in [0.29, 0.717) is 6.61 Å². The Morgan fingerprint density at radius 3 is 2.60 bits per heavy atom. The maximum Gasteiger partial charge on any atom is 0.127 e. The molecule has 0 radical (unpaired) electrons. The Labute approximate surface area is 128 Å². The van der Waals surface area contributed by atoms with Crippen LogP contribution in [0.3, 0.4) is 0 Å². The molecule has 0 spiro atoms. The first-order valence-corrected chi connectivity index (χ1v) is 7.17. The van der Waals surface area contributed by atoms with Gasteiger partial charge < -0.3 is 14.8 Å². The van der Waals surface area contributed by atoms with Gasteiger partial charge in [0.15, 0.2) is 0 Å². The van der Waals surface area contributed by atoms with Crippen LogP contribution in [0.4, 0.5) is 5.69 Å². The molecule has 0 aromatic heterocycles. The van der Waals surface area contributed by atoms with E-state index >= 15 is 0 Å². The van der Waals surface area contributed by atoms with Gasteiger partial charge in [-0.25, -0.2) is 0 Å². The number of halogens is 1. The second-order valence-corrected chi connectivity index (χ2v) is 5.35. The third-order valence-corrected chi connectivity index (χ3v) is 3.62. The largest absolute Gasteiger partial charge is 0.496 e. The van der Waals surface area contributed by atoms with Crippen LogP contribution in [0.25, 0.3) is 0 Å². The van der Waals surface area contributed by atoms with Crippen molar-refractivity contribution in [3.63, 3.8) is 0 Å². The molecule has 0 atom stereocenters. The molecule has 2 rings (SSSR count). The fourth-order valence-corrected chi connectivity index (χ4v) is 2.54. The van der Waals surface area contributed by atoms with E-state index in [0.717, 1.165) is 32.8 Å². The molecule has 2 aromatic carbocycles. The maximum atomic E-state index is 5.92. The van der Waals surface area contributed by atoms with Crippen LogP contribution in [0.1, 0.15) is 11.1 Å². The van der Waals surface area contributed by atoms with E-state index in [1.54, 1.807) is 7.11 Å². The predicted octanol–water partition coefficient (Wildman–Crippen LogP) is 4.39. The van der Waals surface area contributed by atoms with Crippen molar-refractivity contribution in [2.24, 2.45) is 0 Å². The minimum atomic E-state index is 0.461. The second-order valence-electron chi connectivity index (χ2n) is 4.43. The van der Waals surface area contributed by atoms with Gasteiger partial charge in [-0.2, -0.15) is 0 Å². The molecule has 0 aliphatic rings. The third kappa shape index (κ3) is 3.25. The first kappa shape index (κ1) is 14.7. The Bertz CT molecular complexity index is 577. The van der Waals surface area contributed by atoms with Crippen molar-refractivity contribution < 1.29 is 9.47 Å². The molecule has 4 heteroatoms. The minimum absolute atomic E-state index is 0.461. The number of nitrogens with one attached hydrogen (secondary N) is 1.